The van der Waals surface area contributed by atoms with Crippen LogP contribution in [0.15, 0.2) is 24.3 Å². The van der Waals surface area contributed by atoms with E-state index in [1.54, 1.807) is 11.8 Å². The Balaban J connectivity index is 1.61. The number of sulfonamides is 1. The number of carbonyl (C=O) groups excluding carboxylic acids is 1. The molecule has 1 saturated heterocycles. The second-order valence-electron chi connectivity index (χ2n) is 6.27. The van der Waals surface area contributed by atoms with Crippen LogP contribution in [-0.4, -0.2) is 50.3 Å². The van der Waals surface area contributed by atoms with Crippen molar-refractivity contribution in [1.82, 2.24) is 9.62 Å². The van der Waals surface area contributed by atoms with E-state index in [0.717, 1.165) is 11.5 Å². The summed E-state index contributed by atoms with van der Waals surface area (Å²) in [5, 5.41) is 2.97. The van der Waals surface area contributed by atoms with E-state index < -0.39 is 10.0 Å². The van der Waals surface area contributed by atoms with Gasteiger partial charge in [-0.15, -0.1) is 0 Å². The molecule has 0 unspecified atom stereocenters. The van der Waals surface area contributed by atoms with E-state index >= 15 is 0 Å². The predicted molar refractivity (Wildman–Crippen MR) is 99.5 cm³/mol. The maximum absolute atomic E-state index is 12.1. The zero-order chi connectivity index (χ0) is 17.6. The molecule has 0 radical (unpaired) electrons. The Labute approximate surface area is 149 Å². The zero-order valence-corrected chi connectivity index (χ0v) is 16.0. The van der Waals surface area contributed by atoms with Gasteiger partial charge in [-0.3, -0.25) is 4.79 Å². The molecule has 0 atom stereocenters. The van der Waals surface area contributed by atoms with Crippen molar-refractivity contribution in [2.24, 2.45) is 5.92 Å². The SMILES string of the molecule is Cc1ccc(CSCCNC(=O)C2CCN(S(C)(=O)=O)CC2)cc1. The lowest BCUT2D eigenvalue weighted by atomic mass is 9.97. The molecule has 0 aromatic heterocycles. The highest BCUT2D eigenvalue weighted by Gasteiger charge is 2.28. The van der Waals surface area contributed by atoms with Gasteiger partial charge in [-0.2, -0.15) is 11.8 Å². The highest BCUT2D eigenvalue weighted by Crippen LogP contribution is 2.19. The van der Waals surface area contributed by atoms with Gasteiger partial charge < -0.3 is 5.32 Å². The fourth-order valence-corrected chi connectivity index (χ4v) is 4.41. The third-order valence-electron chi connectivity index (χ3n) is 4.23. The number of rotatable bonds is 7. The van der Waals surface area contributed by atoms with Crippen LogP contribution in [0.1, 0.15) is 24.0 Å². The summed E-state index contributed by atoms with van der Waals surface area (Å²) < 4.78 is 24.4. The number of benzene rings is 1. The summed E-state index contributed by atoms with van der Waals surface area (Å²) >= 11 is 1.80. The van der Waals surface area contributed by atoms with Gasteiger partial charge in [0.25, 0.3) is 0 Å². The first kappa shape index (κ1) is 19.3. The molecule has 7 heteroatoms. The van der Waals surface area contributed by atoms with Crippen molar-refractivity contribution < 1.29 is 13.2 Å². The van der Waals surface area contributed by atoms with Crippen molar-refractivity contribution >= 4 is 27.7 Å². The molecule has 1 amide bonds. The van der Waals surface area contributed by atoms with Gasteiger partial charge in [0.1, 0.15) is 0 Å². The number of amides is 1. The molecule has 1 fully saturated rings. The van der Waals surface area contributed by atoms with Crippen molar-refractivity contribution in [3.63, 3.8) is 0 Å². The smallest absolute Gasteiger partial charge is 0.223 e. The number of piperidine rings is 1. The summed E-state index contributed by atoms with van der Waals surface area (Å²) in [6, 6.07) is 8.49. The summed E-state index contributed by atoms with van der Waals surface area (Å²) in [4.78, 5) is 12.1. The molecule has 5 nitrogen and oxygen atoms in total. The number of aryl methyl sites for hydroxylation is 1. The van der Waals surface area contributed by atoms with Crippen molar-refractivity contribution in [2.75, 3.05) is 31.6 Å². The summed E-state index contributed by atoms with van der Waals surface area (Å²) in [6.07, 6.45) is 2.43. The van der Waals surface area contributed by atoms with Crippen LogP contribution in [0.25, 0.3) is 0 Å². The van der Waals surface area contributed by atoms with Gasteiger partial charge in [0.15, 0.2) is 0 Å². The number of hydrogen-bond acceptors (Lipinski definition) is 4. The van der Waals surface area contributed by atoms with E-state index in [9.17, 15) is 13.2 Å². The van der Waals surface area contributed by atoms with Gasteiger partial charge in [0.05, 0.1) is 6.26 Å². The third kappa shape index (κ3) is 6.11. The number of carbonyl (C=O) groups is 1. The lowest BCUT2D eigenvalue weighted by Gasteiger charge is -2.29. The lowest BCUT2D eigenvalue weighted by molar-refractivity contribution is -0.125. The zero-order valence-electron chi connectivity index (χ0n) is 14.3. The molecule has 134 valence electrons. The Morgan fingerprint density at radius 2 is 1.88 bits per heavy atom. The standard InChI is InChI=1S/C17H26N2O3S2/c1-14-3-5-15(6-4-14)13-23-12-9-18-17(20)16-7-10-19(11-8-16)24(2,21)22/h3-6,16H,7-13H2,1-2H3,(H,18,20). The third-order valence-corrected chi connectivity index (χ3v) is 6.56. The van der Waals surface area contributed by atoms with Crippen LogP contribution in [0, 0.1) is 12.8 Å². The first-order valence-electron chi connectivity index (χ1n) is 8.22. The summed E-state index contributed by atoms with van der Waals surface area (Å²) in [5.74, 6) is 1.81. The van der Waals surface area contributed by atoms with Gasteiger partial charge >= 0.3 is 0 Å². The van der Waals surface area contributed by atoms with E-state index in [1.165, 1.54) is 21.7 Å². The van der Waals surface area contributed by atoms with E-state index in [-0.39, 0.29) is 11.8 Å². The van der Waals surface area contributed by atoms with Gasteiger partial charge in [-0.05, 0) is 25.3 Å². The van der Waals surface area contributed by atoms with E-state index in [2.05, 4.69) is 36.5 Å². The molecule has 1 aliphatic heterocycles. The fourth-order valence-electron chi connectivity index (χ4n) is 2.71. The molecule has 1 aromatic rings. The Morgan fingerprint density at radius 1 is 1.25 bits per heavy atom. The van der Waals surface area contributed by atoms with Gasteiger partial charge in [-0.25, -0.2) is 12.7 Å². The molecular weight excluding hydrogens is 344 g/mol. The molecule has 1 heterocycles. The summed E-state index contributed by atoms with van der Waals surface area (Å²) in [5.41, 5.74) is 2.56. The second-order valence-corrected chi connectivity index (χ2v) is 9.35. The van der Waals surface area contributed by atoms with Crippen LogP contribution in [0.5, 0.6) is 0 Å². The topological polar surface area (TPSA) is 66.5 Å². The molecule has 24 heavy (non-hydrogen) atoms. The van der Waals surface area contributed by atoms with Crippen molar-refractivity contribution in [3.8, 4) is 0 Å². The minimum absolute atomic E-state index is 0.0547. The van der Waals surface area contributed by atoms with Gasteiger partial charge in [0.2, 0.25) is 15.9 Å². The van der Waals surface area contributed by atoms with Crippen molar-refractivity contribution in [3.05, 3.63) is 35.4 Å². The second kappa shape index (κ2) is 8.87. The van der Waals surface area contributed by atoms with Gasteiger partial charge in [0, 0.05) is 37.1 Å². The average molecular weight is 371 g/mol. The predicted octanol–water partition coefficient (Wildman–Crippen LogP) is 2.02. The quantitative estimate of drug-likeness (QED) is 0.746. The Morgan fingerprint density at radius 3 is 2.46 bits per heavy atom. The molecule has 1 aliphatic rings. The molecule has 0 aliphatic carbocycles. The van der Waals surface area contributed by atoms with E-state index in [1.807, 2.05) is 0 Å². The Bertz CT molecular complexity index is 636. The van der Waals surface area contributed by atoms with Crippen LogP contribution < -0.4 is 5.32 Å². The molecule has 1 aromatic carbocycles. The first-order valence-corrected chi connectivity index (χ1v) is 11.2. The largest absolute Gasteiger partial charge is 0.355 e. The average Bonchev–Trinajstić information content (AvgIpc) is 2.55. The number of hydrogen-bond donors (Lipinski definition) is 1. The monoisotopic (exact) mass is 370 g/mol. The van der Waals surface area contributed by atoms with Crippen molar-refractivity contribution in [1.29, 1.82) is 0 Å². The van der Waals surface area contributed by atoms with E-state index in [4.69, 9.17) is 0 Å². The molecule has 0 bridgehead atoms. The number of nitrogens with zero attached hydrogens (tertiary/aromatic N) is 1. The van der Waals surface area contributed by atoms with Crippen LogP contribution in [0.2, 0.25) is 0 Å². The minimum atomic E-state index is -3.13. The molecular formula is C17H26N2O3S2. The molecule has 2 rings (SSSR count). The van der Waals surface area contributed by atoms with E-state index in [0.29, 0.717) is 32.5 Å². The Hall–Kier alpha value is -1.05. The minimum Gasteiger partial charge on any atom is -0.355 e. The van der Waals surface area contributed by atoms with Crippen LogP contribution >= 0.6 is 11.8 Å². The molecule has 0 saturated carbocycles. The summed E-state index contributed by atoms with van der Waals surface area (Å²) in [7, 11) is -3.13. The first-order chi connectivity index (χ1) is 11.4. The number of thioether (sulfide) groups is 1. The fraction of sp³-hybridized carbons (Fsp3) is 0.588. The summed E-state index contributed by atoms with van der Waals surface area (Å²) in [6.45, 7) is 3.62. The van der Waals surface area contributed by atoms with Crippen LogP contribution in [0.4, 0.5) is 0 Å². The highest BCUT2D eigenvalue weighted by atomic mass is 32.2. The van der Waals surface area contributed by atoms with Gasteiger partial charge in [-0.1, -0.05) is 29.8 Å². The highest BCUT2D eigenvalue weighted by molar-refractivity contribution is 7.98. The van der Waals surface area contributed by atoms with Crippen LogP contribution in [-0.2, 0) is 20.6 Å². The normalized spacial score (nSPS) is 16.9. The lowest BCUT2D eigenvalue weighted by Crippen LogP contribution is -2.42. The van der Waals surface area contributed by atoms with Crippen LogP contribution in [0.3, 0.4) is 0 Å². The maximum atomic E-state index is 12.1. The Kier molecular flexibility index (Phi) is 7.13. The number of nitrogens with one attached hydrogen (secondary N) is 1. The maximum Gasteiger partial charge on any atom is 0.223 e. The molecule has 0 spiro atoms. The van der Waals surface area contributed by atoms with Crippen molar-refractivity contribution in [2.45, 2.75) is 25.5 Å². The molecule has 1 N–H and O–H groups in total.